The SMILES string of the molecule is CCCNCC(C)(CC)CN1CCC(C)C1. The average Bonchev–Trinajstić information content (AvgIpc) is 2.64. The van der Waals surface area contributed by atoms with E-state index in [1.54, 1.807) is 0 Å². The van der Waals surface area contributed by atoms with Crippen LogP contribution in [0.25, 0.3) is 0 Å². The minimum atomic E-state index is 0.458. The van der Waals surface area contributed by atoms with Crippen LogP contribution in [0.4, 0.5) is 0 Å². The molecule has 2 atom stereocenters. The fourth-order valence-corrected chi connectivity index (χ4v) is 2.57. The van der Waals surface area contributed by atoms with Crippen LogP contribution < -0.4 is 5.32 Å². The fraction of sp³-hybridized carbons (Fsp3) is 1.00. The maximum absolute atomic E-state index is 3.59. The molecule has 1 saturated heterocycles. The first-order valence-corrected chi connectivity index (χ1v) is 7.02. The Bertz CT molecular complexity index is 193. The lowest BCUT2D eigenvalue weighted by molar-refractivity contribution is 0.176. The van der Waals surface area contributed by atoms with Gasteiger partial charge in [0, 0.05) is 19.6 Å². The second kappa shape index (κ2) is 6.61. The Balaban J connectivity index is 2.33. The Labute approximate surface area is 102 Å². The second-order valence-electron chi connectivity index (χ2n) is 5.97. The summed E-state index contributed by atoms with van der Waals surface area (Å²) in [7, 11) is 0. The molecule has 16 heavy (non-hydrogen) atoms. The quantitative estimate of drug-likeness (QED) is 0.672. The van der Waals surface area contributed by atoms with E-state index in [9.17, 15) is 0 Å². The fourth-order valence-electron chi connectivity index (χ4n) is 2.57. The van der Waals surface area contributed by atoms with Crippen LogP contribution >= 0.6 is 0 Å². The van der Waals surface area contributed by atoms with E-state index in [0.29, 0.717) is 5.41 Å². The topological polar surface area (TPSA) is 15.3 Å². The summed E-state index contributed by atoms with van der Waals surface area (Å²) in [5, 5.41) is 3.59. The summed E-state index contributed by atoms with van der Waals surface area (Å²) in [4.78, 5) is 2.65. The first-order chi connectivity index (χ1) is 7.59. The summed E-state index contributed by atoms with van der Waals surface area (Å²) in [5.41, 5.74) is 0.458. The molecule has 0 radical (unpaired) electrons. The summed E-state index contributed by atoms with van der Waals surface area (Å²) in [6.45, 7) is 15.6. The predicted octanol–water partition coefficient (Wildman–Crippen LogP) is 2.74. The zero-order chi connectivity index (χ0) is 12.0. The Morgan fingerprint density at radius 1 is 1.38 bits per heavy atom. The molecule has 0 aromatic carbocycles. The highest BCUT2D eigenvalue weighted by atomic mass is 15.2. The van der Waals surface area contributed by atoms with Crippen LogP contribution in [0.5, 0.6) is 0 Å². The third-order valence-electron chi connectivity index (χ3n) is 3.95. The monoisotopic (exact) mass is 226 g/mol. The van der Waals surface area contributed by atoms with Gasteiger partial charge in [0.25, 0.3) is 0 Å². The molecule has 1 aliphatic heterocycles. The molecule has 0 aromatic rings. The van der Waals surface area contributed by atoms with Crippen molar-refractivity contribution in [3.05, 3.63) is 0 Å². The Kier molecular flexibility index (Phi) is 5.77. The highest BCUT2D eigenvalue weighted by Gasteiger charge is 2.28. The minimum absolute atomic E-state index is 0.458. The van der Waals surface area contributed by atoms with Gasteiger partial charge in [-0.2, -0.15) is 0 Å². The van der Waals surface area contributed by atoms with Crippen molar-refractivity contribution >= 4 is 0 Å². The smallest absolute Gasteiger partial charge is 0.00475 e. The van der Waals surface area contributed by atoms with Crippen LogP contribution in [0, 0.1) is 11.3 Å². The maximum atomic E-state index is 3.59. The number of hydrogen-bond acceptors (Lipinski definition) is 2. The molecule has 1 fully saturated rings. The zero-order valence-corrected chi connectivity index (χ0v) is 11.7. The van der Waals surface area contributed by atoms with E-state index in [4.69, 9.17) is 0 Å². The van der Waals surface area contributed by atoms with Gasteiger partial charge in [-0.25, -0.2) is 0 Å². The summed E-state index contributed by atoms with van der Waals surface area (Å²) >= 11 is 0. The summed E-state index contributed by atoms with van der Waals surface area (Å²) in [6.07, 6.45) is 3.90. The van der Waals surface area contributed by atoms with Gasteiger partial charge in [-0.05, 0) is 43.7 Å². The highest BCUT2D eigenvalue weighted by Crippen LogP contribution is 2.25. The molecule has 2 heteroatoms. The molecule has 1 heterocycles. The van der Waals surface area contributed by atoms with Crippen LogP contribution in [-0.2, 0) is 0 Å². The van der Waals surface area contributed by atoms with Crippen molar-refractivity contribution in [2.24, 2.45) is 11.3 Å². The van der Waals surface area contributed by atoms with Crippen molar-refractivity contribution in [1.29, 1.82) is 0 Å². The molecule has 2 unspecified atom stereocenters. The van der Waals surface area contributed by atoms with E-state index in [2.05, 4.69) is 37.9 Å². The molecular formula is C14H30N2. The average molecular weight is 226 g/mol. The Hall–Kier alpha value is -0.0800. The molecule has 0 spiro atoms. The van der Waals surface area contributed by atoms with Crippen molar-refractivity contribution < 1.29 is 0 Å². The lowest BCUT2D eigenvalue weighted by Crippen LogP contribution is -2.41. The van der Waals surface area contributed by atoms with Crippen LogP contribution in [0.1, 0.15) is 47.0 Å². The largest absolute Gasteiger partial charge is 0.316 e. The Morgan fingerprint density at radius 2 is 2.12 bits per heavy atom. The van der Waals surface area contributed by atoms with E-state index < -0.39 is 0 Å². The third-order valence-corrected chi connectivity index (χ3v) is 3.95. The third kappa shape index (κ3) is 4.42. The van der Waals surface area contributed by atoms with E-state index in [1.807, 2.05) is 0 Å². The number of rotatable bonds is 7. The van der Waals surface area contributed by atoms with E-state index >= 15 is 0 Å². The Morgan fingerprint density at radius 3 is 2.62 bits per heavy atom. The number of nitrogens with one attached hydrogen (secondary N) is 1. The summed E-state index contributed by atoms with van der Waals surface area (Å²) in [5.74, 6) is 0.907. The molecule has 0 saturated carbocycles. The van der Waals surface area contributed by atoms with Crippen molar-refractivity contribution in [1.82, 2.24) is 10.2 Å². The molecule has 0 bridgehead atoms. The minimum Gasteiger partial charge on any atom is -0.316 e. The van der Waals surface area contributed by atoms with Crippen molar-refractivity contribution in [3.63, 3.8) is 0 Å². The summed E-state index contributed by atoms with van der Waals surface area (Å²) < 4.78 is 0. The lowest BCUT2D eigenvalue weighted by Gasteiger charge is -2.33. The standard InChI is InChI=1S/C14H30N2/c1-5-8-15-11-14(4,6-2)12-16-9-7-13(3)10-16/h13,15H,5-12H2,1-4H3. The normalized spacial score (nSPS) is 25.9. The highest BCUT2D eigenvalue weighted by molar-refractivity contribution is 4.83. The van der Waals surface area contributed by atoms with E-state index in [0.717, 1.165) is 12.5 Å². The van der Waals surface area contributed by atoms with E-state index in [1.165, 1.54) is 45.4 Å². The van der Waals surface area contributed by atoms with Gasteiger partial charge in [-0.1, -0.05) is 27.7 Å². The van der Waals surface area contributed by atoms with Crippen LogP contribution in [0.3, 0.4) is 0 Å². The molecule has 1 N–H and O–H groups in total. The van der Waals surface area contributed by atoms with Gasteiger partial charge in [0.1, 0.15) is 0 Å². The van der Waals surface area contributed by atoms with Gasteiger partial charge in [0.05, 0.1) is 0 Å². The van der Waals surface area contributed by atoms with Gasteiger partial charge >= 0.3 is 0 Å². The molecule has 1 aliphatic rings. The van der Waals surface area contributed by atoms with Crippen LogP contribution in [-0.4, -0.2) is 37.6 Å². The van der Waals surface area contributed by atoms with Gasteiger partial charge < -0.3 is 10.2 Å². The van der Waals surface area contributed by atoms with Gasteiger partial charge in [0.2, 0.25) is 0 Å². The van der Waals surface area contributed by atoms with Crippen LogP contribution in [0.2, 0.25) is 0 Å². The number of hydrogen-bond donors (Lipinski definition) is 1. The predicted molar refractivity (Wildman–Crippen MR) is 71.8 cm³/mol. The zero-order valence-electron chi connectivity index (χ0n) is 11.7. The molecular weight excluding hydrogens is 196 g/mol. The first kappa shape index (κ1) is 14.0. The number of nitrogens with zero attached hydrogens (tertiary/aromatic N) is 1. The van der Waals surface area contributed by atoms with E-state index in [-0.39, 0.29) is 0 Å². The van der Waals surface area contributed by atoms with Crippen molar-refractivity contribution in [2.75, 3.05) is 32.7 Å². The maximum Gasteiger partial charge on any atom is 0.00475 e. The van der Waals surface area contributed by atoms with Crippen molar-refractivity contribution in [2.45, 2.75) is 47.0 Å². The molecule has 0 aliphatic carbocycles. The lowest BCUT2D eigenvalue weighted by atomic mass is 9.86. The molecule has 1 rings (SSSR count). The van der Waals surface area contributed by atoms with Gasteiger partial charge in [-0.3, -0.25) is 0 Å². The molecule has 0 aromatic heterocycles. The molecule has 96 valence electrons. The molecule has 2 nitrogen and oxygen atoms in total. The molecule has 0 amide bonds. The van der Waals surface area contributed by atoms with Crippen molar-refractivity contribution in [3.8, 4) is 0 Å². The summed E-state index contributed by atoms with van der Waals surface area (Å²) in [6, 6.07) is 0. The van der Waals surface area contributed by atoms with Gasteiger partial charge in [-0.15, -0.1) is 0 Å². The van der Waals surface area contributed by atoms with Crippen LogP contribution in [0.15, 0.2) is 0 Å². The first-order valence-electron chi connectivity index (χ1n) is 7.02. The second-order valence-corrected chi connectivity index (χ2v) is 5.97. The number of likely N-dealkylation sites (tertiary alicyclic amines) is 1. The van der Waals surface area contributed by atoms with Gasteiger partial charge in [0.15, 0.2) is 0 Å².